The Hall–Kier alpha value is 0.650. The first kappa shape index (κ1) is 11.1. The van der Waals surface area contributed by atoms with Crippen LogP contribution in [0.25, 0.3) is 0 Å². The molecule has 0 N–H and O–H groups in total. The van der Waals surface area contributed by atoms with E-state index in [1.165, 1.54) is 26.1 Å². The number of nitrogens with zero attached hydrogens (tertiary/aromatic N) is 2. The minimum atomic E-state index is 0.463. The van der Waals surface area contributed by atoms with Gasteiger partial charge in [-0.05, 0) is 24.8 Å². The average Bonchev–Trinajstić information content (AvgIpc) is 2.35. The fourth-order valence-electron chi connectivity index (χ4n) is 3.53. The van der Waals surface area contributed by atoms with E-state index in [1.807, 2.05) is 0 Å². The van der Waals surface area contributed by atoms with Gasteiger partial charge in [-0.1, -0.05) is 20.8 Å². The lowest BCUT2D eigenvalue weighted by atomic mass is 9.79. The Balaban J connectivity index is 2.24. The quantitative estimate of drug-likeness (QED) is 0.501. The normalized spacial score (nSPS) is 43.9. The molecule has 2 rings (SSSR count). The third-order valence-electron chi connectivity index (χ3n) is 4.04. The van der Waals surface area contributed by atoms with Crippen molar-refractivity contribution in [1.82, 2.24) is 8.01 Å². The van der Waals surface area contributed by atoms with Gasteiger partial charge in [0.05, 0.1) is 0 Å². The van der Waals surface area contributed by atoms with E-state index in [0.717, 1.165) is 5.92 Å². The van der Waals surface area contributed by atoms with Crippen molar-refractivity contribution in [3.8, 4) is 0 Å². The molecule has 0 radical (unpaired) electrons. The third kappa shape index (κ3) is 1.61. The zero-order chi connectivity index (χ0) is 10.6. The minimum absolute atomic E-state index is 0.463. The van der Waals surface area contributed by atoms with E-state index in [2.05, 4.69) is 58.7 Å². The third-order valence-corrected chi connectivity index (χ3v) is 4.78. The summed E-state index contributed by atoms with van der Waals surface area (Å²) in [6, 6.07) is 0. The fourth-order valence-corrected chi connectivity index (χ4v) is 4.71. The molecule has 2 atom stereocenters. The van der Waals surface area contributed by atoms with Gasteiger partial charge in [-0.3, -0.25) is 4.90 Å². The molecule has 0 bridgehead atoms. The first-order valence-corrected chi connectivity index (χ1v) is 6.44. The van der Waals surface area contributed by atoms with Crippen molar-refractivity contribution in [2.24, 2.45) is 11.3 Å². The summed E-state index contributed by atoms with van der Waals surface area (Å²) in [4.78, 5) is 2.61. The van der Waals surface area contributed by atoms with Gasteiger partial charge in [0.2, 0.25) is 0 Å². The number of halogens is 1. The first-order chi connectivity index (χ1) is 6.36. The van der Waals surface area contributed by atoms with E-state index in [9.17, 15) is 0 Å². The Kier molecular flexibility index (Phi) is 2.64. The molecule has 2 aliphatic heterocycles. The topological polar surface area (TPSA) is 6.48 Å². The van der Waals surface area contributed by atoms with E-state index in [0.29, 0.717) is 11.0 Å². The van der Waals surface area contributed by atoms with Gasteiger partial charge in [-0.25, -0.2) is 3.11 Å². The highest BCUT2D eigenvalue weighted by molar-refractivity contribution is 14.1. The number of likely N-dealkylation sites (tertiary alicyclic amines) is 1. The van der Waals surface area contributed by atoms with E-state index in [1.54, 1.807) is 0 Å². The zero-order valence-electron chi connectivity index (χ0n) is 9.68. The summed E-state index contributed by atoms with van der Waals surface area (Å²) in [6.07, 6.45) is 1.36. The molecule has 2 nitrogen and oxygen atoms in total. The van der Waals surface area contributed by atoms with E-state index < -0.39 is 0 Å². The molecule has 0 aromatic heterocycles. The van der Waals surface area contributed by atoms with Crippen LogP contribution in [0.2, 0.25) is 0 Å². The summed E-state index contributed by atoms with van der Waals surface area (Å²) in [5.74, 6) is 0.811. The Labute approximate surface area is 102 Å². The lowest BCUT2D eigenvalue weighted by Crippen LogP contribution is -2.47. The Bertz CT molecular complexity index is 241. The molecule has 2 heterocycles. The van der Waals surface area contributed by atoms with E-state index in [-0.39, 0.29) is 0 Å². The molecule has 82 valence electrons. The number of hydrogen-bond acceptors (Lipinski definition) is 2. The van der Waals surface area contributed by atoms with Crippen molar-refractivity contribution >= 4 is 22.9 Å². The second-order valence-corrected chi connectivity index (χ2v) is 7.37. The number of likely N-dealkylation sites (N-methyl/N-ethyl adjacent to an activating group) is 1. The molecule has 14 heavy (non-hydrogen) atoms. The summed E-state index contributed by atoms with van der Waals surface area (Å²) >= 11 is 2.48. The van der Waals surface area contributed by atoms with Crippen LogP contribution in [-0.4, -0.2) is 40.2 Å². The Morgan fingerprint density at radius 3 is 2.29 bits per heavy atom. The minimum Gasteiger partial charge on any atom is -0.299 e. The second kappa shape index (κ2) is 3.32. The molecule has 0 aromatic carbocycles. The zero-order valence-corrected chi connectivity index (χ0v) is 11.8. The molecular formula is C11H21IN2. The maximum absolute atomic E-state index is 2.61. The highest BCUT2D eigenvalue weighted by Gasteiger charge is 2.54. The van der Waals surface area contributed by atoms with Gasteiger partial charge in [-0.2, -0.15) is 0 Å². The van der Waals surface area contributed by atoms with Crippen molar-refractivity contribution in [2.45, 2.75) is 32.7 Å². The average molecular weight is 308 g/mol. The highest BCUT2D eigenvalue weighted by Crippen LogP contribution is 2.48. The SMILES string of the molecule is CC1CN(I)CC12CC(C)(C)CN2C. The predicted molar refractivity (Wildman–Crippen MR) is 68.5 cm³/mol. The van der Waals surface area contributed by atoms with Crippen molar-refractivity contribution in [1.29, 1.82) is 0 Å². The molecule has 0 amide bonds. The monoisotopic (exact) mass is 308 g/mol. The van der Waals surface area contributed by atoms with Crippen LogP contribution in [0.15, 0.2) is 0 Å². The molecule has 0 aliphatic carbocycles. The fraction of sp³-hybridized carbons (Fsp3) is 1.00. The summed E-state index contributed by atoms with van der Waals surface area (Å²) < 4.78 is 2.46. The van der Waals surface area contributed by atoms with Crippen molar-refractivity contribution in [2.75, 3.05) is 26.7 Å². The van der Waals surface area contributed by atoms with Crippen LogP contribution < -0.4 is 0 Å². The van der Waals surface area contributed by atoms with Crippen LogP contribution in [0.5, 0.6) is 0 Å². The molecule has 0 aromatic rings. The van der Waals surface area contributed by atoms with E-state index >= 15 is 0 Å². The highest BCUT2D eigenvalue weighted by atomic mass is 127. The summed E-state index contributed by atoms with van der Waals surface area (Å²) in [6.45, 7) is 11.0. The molecule has 2 aliphatic rings. The maximum atomic E-state index is 2.61. The van der Waals surface area contributed by atoms with Gasteiger partial charge in [0.25, 0.3) is 0 Å². The van der Waals surface area contributed by atoms with Crippen LogP contribution in [0.3, 0.4) is 0 Å². The van der Waals surface area contributed by atoms with Gasteiger partial charge < -0.3 is 0 Å². The smallest absolute Gasteiger partial charge is 0.0385 e. The van der Waals surface area contributed by atoms with Crippen molar-refractivity contribution < 1.29 is 0 Å². The van der Waals surface area contributed by atoms with Gasteiger partial charge in [0.1, 0.15) is 0 Å². The Morgan fingerprint density at radius 2 is 1.93 bits per heavy atom. The largest absolute Gasteiger partial charge is 0.299 e. The van der Waals surface area contributed by atoms with Crippen LogP contribution in [0.4, 0.5) is 0 Å². The van der Waals surface area contributed by atoms with Crippen LogP contribution in [0.1, 0.15) is 27.2 Å². The lowest BCUT2D eigenvalue weighted by Gasteiger charge is -2.35. The Morgan fingerprint density at radius 1 is 1.29 bits per heavy atom. The molecule has 2 saturated heterocycles. The van der Waals surface area contributed by atoms with Gasteiger partial charge in [0, 0.05) is 48.0 Å². The van der Waals surface area contributed by atoms with Crippen molar-refractivity contribution in [3.05, 3.63) is 0 Å². The maximum Gasteiger partial charge on any atom is 0.0385 e. The van der Waals surface area contributed by atoms with Gasteiger partial charge in [-0.15, -0.1) is 0 Å². The summed E-state index contributed by atoms with van der Waals surface area (Å²) in [5, 5.41) is 0. The van der Waals surface area contributed by atoms with Crippen LogP contribution in [-0.2, 0) is 0 Å². The molecular weight excluding hydrogens is 287 g/mol. The number of hydrogen-bond donors (Lipinski definition) is 0. The standard InChI is InChI=1S/C11H21IN2/c1-9-5-14(12)8-11(9)6-10(2,3)7-13(11)4/h9H,5-8H2,1-4H3. The van der Waals surface area contributed by atoms with Crippen molar-refractivity contribution in [3.63, 3.8) is 0 Å². The van der Waals surface area contributed by atoms with E-state index in [4.69, 9.17) is 0 Å². The number of rotatable bonds is 0. The molecule has 3 heteroatoms. The molecule has 2 fully saturated rings. The summed E-state index contributed by atoms with van der Waals surface area (Å²) in [7, 11) is 2.31. The first-order valence-electron chi connectivity index (χ1n) is 5.48. The molecule has 1 spiro atoms. The lowest BCUT2D eigenvalue weighted by molar-refractivity contribution is 0.147. The van der Waals surface area contributed by atoms with Crippen LogP contribution >= 0.6 is 22.9 Å². The molecule has 2 unspecified atom stereocenters. The van der Waals surface area contributed by atoms with Gasteiger partial charge in [0.15, 0.2) is 0 Å². The summed E-state index contributed by atoms with van der Waals surface area (Å²) in [5.41, 5.74) is 0.968. The predicted octanol–water partition coefficient (Wildman–Crippen LogP) is 2.39. The van der Waals surface area contributed by atoms with Gasteiger partial charge >= 0.3 is 0 Å². The second-order valence-electron chi connectivity index (χ2n) is 6.01. The molecule has 0 saturated carbocycles. The van der Waals surface area contributed by atoms with Crippen LogP contribution in [0, 0.1) is 11.3 Å².